The van der Waals surface area contributed by atoms with Gasteiger partial charge in [0.2, 0.25) is 0 Å². The first-order chi connectivity index (χ1) is 6.06. The molecule has 0 aromatic carbocycles. The van der Waals surface area contributed by atoms with Gasteiger partial charge in [0.15, 0.2) is 0 Å². The summed E-state index contributed by atoms with van der Waals surface area (Å²) in [4.78, 5) is 0. The van der Waals surface area contributed by atoms with E-state index in [1.165, 1.54) is 0 Å². The number of hydrogen-bond acceptors (Lipinski definition) is 2. The predicted octanol–water partition coefficient (Wildman–Crippen LogP) is 1.11. The van der Waals surface area contributed by atoms with Gasteiger partial charge < -0.3 is 11.1 Å². The first-order valence-electron chi connectivity index (χ1n) is 4.94. The summed E-state index contributed by atoms with van der Waals surface area (Å²) < 4.78 is 27.6. The number of nitrogens with two attached hydrogens (primary N) is 1. The maximum atomic E-state index is 13.8. The summed E-state index contributed by atoms with van der Waals surface area (Å²) in [6, 6.07) is 0. The van der Waals surface area contributed by atoms with E-state index in [0.717, 1.165) is 12.8 Å². The maximum absolute atomic E-state index is 13.8. The molecule has 2 fully saturated rings. The van der Waals surface area contributed by atoms with Crippen LogP contribution in [-0.4, -0.2) is 24.6 Å². The van der Waals surface area contributed by atoms with E-state index >= 15 is 0 Å². The summed E-state index contributed by atoms with van der Waals surface area (Å²) in [5.74, 6) is -3.22. The second-order valence-corrected chi connectivity index (χ2v) is 4.35. The first kappa shape index (κ1) is 9.34. The van der Waals surface area contributed by atoms with Gasteiger partial charge in [0, 0.05) is 19.0 Å². The van der Waals surface area contributed by atoms with Crippen LogP contribution in [0.15, 0.2) is 0 Å². The molecule has 2 unspecified atom stereocenters. The van der Waals surface area contributed by atoms with E-state index in [1.807, 2.05) is 0 Å². The Labute approximate surface area is 76.9 Å². The van der Waals surface area contributed by atoms with Crippen LogP contribution in [0.3, 0.4) is 0 Å². The summed E-state index contributed by atoms with van der Waals surface area (Å²) in [6.45, 7) is 0.683. The highest BCUT2D eigenvalue weighted by atomic mass is 19.3. The van der Waals surface area contributed by atoms with E-state index in [4.69, 9.17) is 5.73 Å². The molecule has 0 amide bonds. The molecule has 4 heteroatoms. The lowest BCUT2D eigenvalue weighted by atomic mass is 9.79. The van der Waals surface area contributed by atoms with Gasteiger partial charge in [-0.3, -0.25) is 0 Å². The molecule has 0 aromatic rings. The second-order valence-electron chi connectivity index (χ2n) is 4.35. The molecular formula is C9H16F2N2. The van der Waals surface area contributed by atoms with Gasteiger partial charge in [-0.2, -0.15) is 0 Å². The van der Waals surface area contributed by atoms with E-state index in [9.17, 15) is 8.78 Å². The molecule has 1 saturated carbocycles. The Kier molecular flexibility index (Phi) is 2.07. The molecule has 76 valence electrons. The lowest BCUT2D eigenvalue weighted by molar-refractivity contribution is -0.134. The second kappa shape index (κ2) is 2.89. The van der Waals surface area contributed by atoms with Crippen LogP contribution in [0.2, 0.25) is 0 Å². The minimum atomic E-state index is -2.67. The van der Waals surface area contributed by atoms with Gasteiger partial charge in [0.1, 0.15) is 0 Å². The monoisotopic (exact) mass is 190 g/mol. The topological polar surface area (TPSA) is 38.0 Å². The van der Waals surface area contributed by atoms with Crippen molar-refractivity contribution in [1.82, 2.24) is 5.32 Å². The molecule has 0 spiro atoms. The van der Waals surface area contributed by atoms with E-state index < -0.39 is 17.4 Å². The van der Waals surface area contributed by atoms with E-state index in [2.05, 4.69) is 5.32 Å². The molecule has 1 aliphatic carbocycles. The van der Waals surface area contributed by atoms with Crippen molar-refractivity contribution in [1.29, 1.82) is 0 Å². The standard InChI is InChI=1S/C9H16F2N2/c10-9(11)7-3-1-2-4-8(9,12)6-13-5-7/h7,13H,1-6,12H2. The first-order valence-corrected chi connectivity index (χ1v) is 4.94. The fraction of sp³-hybridized carbons (Fsp3) is 1.00. The van der Waals surface area contributed by atoms with Crippen molar-refractivity contribution < 1.29 is 8.78 Å². The molecule has 2 rings (SSSR count). The van der Waals surface area contributed by atoms with Gasteiger partial charge in [-0.05, 0) is 12.8 Å². The molecule has 13 heavy (non-hydrogen) atoms. The Morgan fingerprint density at radius 2 is 2.08 bits per heavy atom. The third kappa shape index (κ3) is 1.27. The van der Waals surface area contributed by atoms with Crippen LogP contribution in [0.5, 0.6) is 0 Å². The summed E-state index contributed by atoms with van der Waals surface area (Å²) in [5, 5.41) is 3.02. The molecule has 3 N–H and O–H groups in total. The normalized spacial score (nSPS) is 44.1. The zero-order valence-corrected chi connectivity index (χ0v) is 7.65. The van der Waals surface area contributed by atoms with E-state index in [1.54, 1.807) is 0 Å². The lowest BCUT2D eigenvalue weighted by Gasteiger charge is -2.44. The Balaban J connectivity index is 2.30. The predicted molar refractivity (Wildman–Crippen MR) is 46.7 cm³/mol. The molecular weight excluding hydrogens is 174 g/mol. The van der Waals surface area contributed by atoms with Gasteiger partial charge >= 0.3 is 0 Å². The Morgan fingerprint density at radius 1 is 1.31 bits per heavy atom. The SMILES string of the molecule is NC12CCCCC(CNC1)C2(F)F. The Hall–Kier alpha value is -0.220. The Morgan fingerprint density at radius 3 is 2.85 bits per heavy atom. The van der Waals surface area contributed by atoms with Crippen LogP contribution in [0.25, 0.3) is 0 Å². The van der Waals surface area contributed by atoms with E-state index in [-0.39, 0.29) is 6.54 Å². The van der Waals surface area contributed by atoms with Gasteiger partial charge in [-0.15, -0.1) is 0 Å². The van der Waals surface area contributed by atoms with Crippen LogP contribution in [0, 0.1) is 5.92 Å². The van der Waals surface area contributed by atoms with Crippen LogP contribution >= 0.6 is 0 Å². The molecule has 1 heterocycles. The molecule has 2 aliphatic rings. The van der Waals surface area contributed by atoms with Gasteiger partial charge in [0.25, 0.3) is 5.92 Å². The largest absolute Gasteiger partial charge is 0.319 e. The smallest absolute Gasteiger partial charge is 0.270 e. The molecule has 0 aromatic heterocycles. The molecule has 0 radical (unpaired) electrons. The summed E-state index contributed by atoms with van der Waals surface area (Å²) in [7, 11) is 0. The number of alkyl halides is 2. The molecule has 2 bridgehead atoms. The maximum Gasteiger partial charge on any atom is 0.270 e. The number of rotatable bonds is 0. The summed E-state index contributed by atoms with van der Waals surface area (Å²) >= 11 is 0. The van der Waals surface area contributed by atoms with Crippen molar-refractivity contribution in [3.05, 3.63) is 0 Å². The Bertz CT molecular complexity index is 205. The van der Waals surface area contributed by atoms with Crippen molar-refractivity contribution in [3.8, 4) is 0 Å². The van der Waals surface area contributed by atoms with Crippen molar-refractivity contribution in [2.45, 2.75) is 37.1 Å². The van der Waals surface area contributed by atoms with Crippen molar-refractivity contribution in [2.75, 3.05) is 13.1 Å². The molecule has 1 saturated heterocycles. The average Bonchev–Trinajstić information content (AvgIpc) is 2.17. The highest BCUT2D eigenvalue weighted by molar-refractivity contribution is 5.07. The van der Waals surface area contributed by atoms with Crippen LogP contribution < -0.4 is 11.1 Å². The lowest BCUT2D eigenvalue weighted by Crippen LogP contribution is -2.68. The fourth-order valence-electron chi connectivity index (χ4n) is 2.49. The van der Waals surface area contributed by atoms with E-state index in [0.29, 0.717) is 19.4 Å². The highest BCUT2D eigenvalue weighted by Gasteiger charge is 2.58. The average molecular weight is 190 g/mol. The third-order valence-electron chi connectivity index (χ3n) is 3.43. The number of fused-ring (bicyclic) bond motifs is 2. The minimum Gasteiger partial charge on any atom is -0.319 e. The van der Waals surface area contributed by atoms with Gasteiger partial charge in [0.05, 0.1) is 5.54 Å². The minimum absolute atomic E-state index is 0.260. The van der Waals surface area contributed by atoms with Crippen molar-refractivity contribution >= 4 is 0 Å². The number of hydrogen-bond donors (Lipinski definition) is 2. The van der Waals surface area contributed by atoms with Crippen LogP contribution in [-0.2, 0) is 0 Å². The van der Waals surface area contributed by atoms with Crippen molar-refractivity contribution in [2.24, 2.45) is 11.7 Å². The fourth-order valence-corrected chi connectivity index (χ4v) is 2.49. The number of halogens is 2. The summed E-state index contributed by atoms with van der Waals surface area (Å²) in [5.41, 5.74) is 4.48. The van der Waals surface area contributed by atoms with Gasteiger partial charge in [-0.1, -0.05) is 12.8 Å². The zero-order valence-electron chi connectivity index (χ0n) is 7.65. The zero-order chi connectivity index (χ0) is 9.53. The molecule has 2 nitrogen and oxygen atoms in total. The highest BCUT2D eigenvalue weighted by Crippen LogP contribution is 2.44. The van der Waals surface area contributed by atoms with Crippen molar-refractivity contribution in [3.63, 3.8) is 0 Å². The number of piperidine rings is 1. The van der Waals surface area contributed by atoms with Crippen LogP contribution in [0.4, 0.5) is 8.78 Å². The van der Waals surface area contributed by atoms with Crippen LogP contribution in [0.1, 0.15) is 25.7 Å². The number of nitrogens with one attached hydrogen (secondary N) is 1. The van der Waals surface area contributed by atoms with Gasteiger partial charge in [-0.25, -0.2) is 8.78 Å². The third-order valence-corrected chi connectivity index (χ3v) is 3.43. The summed E-state index contributed by atoms with van der Waals surface area (Å²) in [6.07, 6.45) is 2.79. The quantitative estimate of drug-likeness (QED) is 0.600. The molecule has 2 atom stereocenters. The molecule has 1 aliphatic heterocycles.